The van der Waals surface area contributed by atoms with Crippen LogP contribution in [0.1, 0.15) is 51.4 Å². The van der Waals surface area contributed by atoms with E-state index in [0.29, 0.717) is 11.3 Å². The molecule has 1 aliphatic rings. The van der Waals surface area contributed by atoms with E-state index in [9.17, 15) is 4.79 Å². The molecule has 0 unspecified atom stereocenters. The van der Waals surface area contributed by atoms with Crippen LogP contribution in [0.15, 0.2) is 28.7 Å². The monoisotopic (exact) mass is 340 g/mol. The molecule has 4 nitrogen and oxygen atoms in total. The molecule has 1 aromatic heterocycles. The molecule has 0 spiro atoms. The number of hydrogen-bond donors (Lipinski definition) is 1. The van der Waals surface area contributed by atoms with Crippen LogP contribution in [0.2, 0.25) is 0 Å². The Bertz CT molecular complexity index is 755. The first-order valence-corrected chi connectivity index (χ1v) is 9.10. The molecule has 1 aromatic carbocycles. The first-order chi connectivity index (χ1) is 12.0. The number of hydrogen-bond acceptors (Lipinski definition) is 3. The molecule has 0 saturated carbocycles. The predicted molar refractivity (Wildman–Crippen MR) is 99.9 cm³/mol. The van der Waals surface area contributed by atoms with Crippen molar-refractivity contribution in [1.29, 1.82) is 0 Å². The summed E-state index contributed by atoms with van der Waals surface area (Å²) in [6, 6.07) is 8.81. The maximum atomic E-state index is 12.6. The molecular weight excluding hydrogens is 312 g/mol. The van der Waals surface area contributed by atoms with Gasteiger partial charge in [0.2, 0.25) is 0 Å². The molecule has 3 rings (SSSR count). The zero-order valence-corrected chi connectivity index (χ0v) is 15.7. The number of aryl methyl sites for hydroxylation is 3. The highest BCUT2D eigenvalue weighted by molar-refractivity contribution is 5.97. The van der Waals surface area contributed by atoms with Gasteiger partial charge in [-0.3, -0.25) is 9.69 Å². The Morgan fingerprint density at radius 2 is 1.80 bits per heavy atom. The van der Waals surface area contributed by atoms with E-state index in [4.69, 9.17) is 4.42 Å². The summed E-state index contributed by atoms with van der Waals surface area (Å²) < 4.78 is 5.58. The molecular formula is C21H28N2O2. The Morgan fingerprint density at radius 1 is 1.12 bits per heavy atom. The van der Waals surface area contributed by atoms with Gasteiger partial charge in [-0.25, -0.2) is 0 Å². The SMILES string of the molecule is Cc1ccccc1CN1CCC(NC(=O)c2c(C)oc(C)c2C)CC1. The fraction of sp³-hybridized carbons (Fsp3) is 0.476. The third-order valence-corrected chi connectivity index (χ3v) is 5.37. The summed E-state index contributed by atoms with van der Waals surface area (Å²) in [6.45, 7) is 10.9. The van der Waals surface area contributed by atoms with E-state index >= 15 is 0 Å². The molecule has 0 bridgehead atoms. The van der Waals surface area contributed by atoms with E-state index in [1.54, 1.807) is 0 Å². The highest BCUT2D eigenvalue weighted by atomic mass is 16.3. The van der Waals surface area contributed by atoms with Crippen LogP contribution in [-0.4, -0.2) is 29.9 Å². The van der Waals surface area contributed by atoms with Crippen LogP contribution in [-0.2, 0) is 6.54 Å². The summed E-state index contributed by atoms with van der Waals surface area (Å²) in [5, 5.41) is 3.20. The number of carbonyl (C=O) groups is 1. The zero-order valence-electron chi connectivity index (χ0n) is 15.7. The second-order valence-corrected chi connectivity index (χ2v) is 7.16. The molecule has 4 heteroatoms. The molecule has 134 valence electrons. The van der Waals surface area contributed by atoms with Crippen LogP contribution >= 0.6 is 0 Å². The quantitative estimate of drug-likeness (QED) is 0.918. The molecule has 2 heterocycles. The molecule has 1 N–H and O–H groups in total. The van der Waals surface area contributed by atoms with Crippen LogP contribution in [0.5, 0.6) is 0 Å². The average molecular weight is 340 g/mol. The largest absolute Gasteiger partial charge is 0.466 e. The molecule has 25 heavy (non-hydrogen) atoms. The summed E-state index contributed by atoms with van der Waals surface area (Å²) in [6.07, 6.45) is 1.99. The molecule has 0 atom stereocenters. The number of rotatable bonds is 4. The number of furan rings is 1. The second kappa shape index (κ2) is 7.44. The number of carbonyl (C=O) groups excluding carboxylic acids is 1. The van der Waals surface area contributed by atoms with Crippen molar-refractivity contribution >= 4 is 5.91 Å². The van der Waals surface area contributed by atoms with Crippen LogP contribution in [0, 0.1) is 27.7 Å². The van der Waals surface area contributed by atoms with Crippen molar-refractivity contribution in [1.82, 2.24) is 10.2 Å². The summed E-state index contributed by atoms with van der Waals surface area (Å²) in [5.74, 6) is 1.55. The minimum atomic E-state index is 0.00389. The van der Waals surface area contributed by atoms with Gasteiger partial charge in [0, 0.05) is 31.2 Å². The van der Waals surface area contributed by atoms with Crippen LogP contribution in [0.4, 0.5) is 0 Å². The lowest BCUT2D eigenvalue weighted by atomic mass is 10.0. The van der Waals surface area contributed by atoms with Gasteiger partial charge >= 0.3 is 0 Å². The van der Waals surface area contributed by atoms with Gasteiger partial charge in [-0.05, 0) is 51.7 Å². The maximum absolute atomic E-state index is 12.6. The second-order valence-electron chi connectivity index (χ2n) is 7.16. The number of nitrogens with one attached hydrogen (secondary N) is 1. The third-order valence-electron chi connectivity index (χ3n) is 5.37. The standard InChI is InChI=1S/C21H28N2O2/c1-14-7-5-6-8-18(14)13-23-11-9-19(10-12-23)22-21(24)20-15(2)16(3)25-17(20)4/h5-8,19H,9-13H2,1-4H3,(H,22,24). The highest BCUT2D eigenvalue weighted by Crippen LogP contribution is 2.22. The smallest absolute Gasteiger partial charge is 0.255 e. The van der Waals surface area contributed by atoms with E-state index in [1.165, 1.54) is 11.1 Å². The molecule has 0 aliphatic carbocycles. The van der Waals surface area contributed by atoms with Gasteiger partial charge < -0.3 is 9.73 Å². The lowest BCUT2D eigenvalue weighted by molar-refractivity contribution is 0.0907. The van der Waals surface area contributed by atoms with Gasteiger partial charge in [-0.2, -0.15) is 0 Å². The van der Waals surface area contributed by atoms with Gasteiger partial charge in [0.15, 0.2) is 0 Å². The highest BCUT2D eigenvalue weighted by Gasteiger charge is 2.24. The summed E-state index contributed by atoms with van der Waals surface area (Å²) in [7, 11) is 0. The van der Waals surface area contributed by atoms with Gasteiger partial charge in [-0.1, -0.05) is 24.3 Å². The van der Waals surface area contributed by atoms with Crippen molar-refractivity contribution in [2.45, 2.75) is 53.1 Å². The van der Waals surface area contributed by atoms with Crippen LogP contribution < -0.4 is 5.32 Å². The Balaban J connectivity index is 1.54. The van der Waals surface area contributed by atoms with Gasteiger partial charge in [-0.15, -0.1) is 0 Å². The zero-order chi connectivity index (χ0) is 18.0. The summed E-state index contributed by atoms with van der Waals surface area (Å²) >= 11 is 0. The number of benzene rings is 1. The van der Waals surface area contributed by atoms with Crippen molar-refractivity contribution in [3.05, 3.63) is 58.0 Å². The number of nitrogens with zero attached hydrogens (tertiary/aromatic N) is 1. The van der Waals surface area contributed by atoms with E-state index < -0.39 is 0 Å². The van der Waals surface area contributed by atoms with Crippen LogP contribution in [0.25, 0.3) is 0 Å². The van der Waals surface area contributed by atoms with E-state index in [2.05, 4.69) is 41.4 Å². The normalized spacial score (nSPS) is 16.2. The number of likely N-dealkylation sites (tertiary alicyclic amines) is 1. The lowest BCUT2D eigenvalue weighted by Crippen LogP contribution is -2.44. The van der Waals surface area contributed by atoms with Crippen molar-refractivity contribution in [3.8, 4) is 0 Å². The van der Waals surface area contributed by atoms with Crippen molar-refractivity contribution in [3.63, 3.8) is 0 Å². The Labute approximate surface area is 150 Å². The topological polar surface area (TPSA) is 45.5 Å². The average Bonchev–Trinajstić information content (AvgIpc) is 2.84. The minimum Gasteiger partial charge on any atom is -0.466 e. The first-order valence-electron chi connectivity index (χ1n) is 9.10. The minimum absolute atomic E-state index is 0.00389. The van der Waals surface area contributed by atoms with Gasteiger partial charge in [0.05, 0.1) is 5.56 Å². The molecule has 1 fully saturated rings. The fourth-order valence-corrected chi connectivity index (χ4v) is 3.65. The Kier molecular flexibility index (Phi) is 5.28. The van der Waals surface area contributed by atoms with E-state index in [-0.39, 0.29) is 11.9 Å². The molecule has 1 saturated heterocycles. The summed E-state index contributed by atoms with van der Waals surface area (Å²) in [5.41, 5.74) is 4.40. The molecule has 1 amide bonds. The Morgan fingerprint density at radius 3 is 2.40 bits per heavy atom. The number of amides is 1. The maximum Gasteiger partial charge on any atom is 0.255 e. The number of piperidine rings is 1. The fourth-order valence-electron chi connectivity index (χ4n) is 3.65. The lowest BCUT2D eigenvalue weighted by Gasteiger charge is -2.32. The predicted octanol–water partition coefficient (Wildman–Crippen LogP) is 3.91. The van der Waals surface area contributed by atoms with Crippen molar-refractivity contribution in [2.75, 3.05) is 13.1 Å². The Hall–Kier alpha value is -2.07. The third kappa shape index (κ3) is 3.96. The van der Waals surface area contributed by atoms with Gasteiger partial charge in [0.25, 0.3) is 5.91 Å². The molecule has 0 radical (unpaired) electrons. The van der Waals surface area contributed by atoms with E-state index in [1.807, 2.05) is 20.8 Å². The van der Waals surface area contributed by atoms with Gasteiger partial charge in [0.1, 0.15) is 11.5 Å². The van der Waals surface area contributed by atoms with Crippen LogP contribution in [0.3, 0.4) is 0 Å². The molecule has 2 aromatic rings. The molecule has 1 aliphatic heterocycles. The first kappa shape index (κ1) is 17.7. The van der Waals surface area contributed by atoms with Crippen molar-refractivity contribution < 1.29 is 9.21 Å². The summed E-state index contributed by atoms with van der Waals surface area (Å²) in [4.78, 5) is 15.1. The van der Waals surface area contributed by atoms with E-state index in [0.717, 1.165) is 43.8 Å². The van der Waals surface area contributed by atoms with Crippen molar-refractivity contribution in [2.24, 2.45) is 0 Å².